The number of nitrogens with one attached hydrogen (secondary N) is 1. The predicted octanol–water partition coefficient (Wildman–Crippen LogP) is 0.000100. The lowest BCUT2D eigenvalue weighted by Crippen LogP contribution is -2.29. The third kappa shape index (κ3) is 4.46. The van der Waals surface area contributed by atoms with Crippen LogP contribution in [0.2, 0.25) is 0 Å². The number of nitrogens with zero attached hydrogens (tertiary/aromatic N) is 1. The first-order chi connectivity index (χ1) is 8.15. The molecule has 1 amide bonds. The third-order valence-corrected chi connectivity index (χ3v) is 2.22. The summed E-state index contributed by atoms with van der Waals surface area (Å²) in [6, 6.07) is 1.64. The van der Waals surface area contributed by atoms with Crippen molar-refractivity contribution >= 4 is 11.6 Å². The minimum absolute atomic E-state index is 0.153. The van der Waals surface area contributed by atoms with Gasteiger partial charge < -0.3 is 25.1 Å². The van der Waals surface area contributed by atoms with Crippen LogP contribution in [0.15, 0.2) is 12.3 Å². The van der Waals surface area contributed by atoms with Crippen molar-refractivity contribution in [1.29, 1.82) is 0 Å². The Morgan fingerprint density at radius 2 is 2.24 bits per heavy atom. The quantitative estimate of drug-likeness (QED) is 0.659. The standard InChI is InChI=1S/C11H19N3O3/c1-14-8-9(12)7-10(14)11(15)13-3-4-17-6-5-16-2/h7-8H,3-6,12H2,1-2H3,(H,13,15). The van der Waals surface area contributed by atoms with E-state index in [2.05, 4.69) is 5.32 Å². The lowest BCUT2D eigenvalue weighted by Gasteiger charge is -2.06. The zero-order valence-corrected chi connectivity index (χ0v) is 10.2. The molecule has 0 saturated carbocycles. The number of aromatic nitrogens is 1. The van der Waals surface area contributed by atoms with Crippen LogP contribution in [0.3, 0.4) is 0 Å². The third-order valence-electron chi connectivity index (χ3n) is 2.22. The van der Waals surface area contributed by atoms with Gasteiger partial charge in [0, 0.05) is 26.9 Å². The van der Waals surface area contributed by atoms with E-state index in [9.17, 15) is 4.79 Å². The summed E-state index contributed by atoms with van der Waals surface area (Å²) < 4.78 is 11.7. The molecule has 96 valence electrons. The highest BCUT2D eigenvalue weighted by atomic mass is 16.5. The van der Waals surface area contributed by atoms with Gasteiger partial charge in [-0.25, -0.2) is 0 Å². The zero-order chi connectivity index (χ0) is 12.7. The van der Waals surface area contributed by atoms with Crippen molar-refractivity contribution in [3.8, 4) is 0 Å². The summed E-state index contributed by atoms with van der Waals surface area (Å²) in [6.07, 6.45) is 1.70. The van der Waals surface area contributed by atoms with Crippen molar-refractivity contribution in [2.45, 2.75) is 0 Å². The van der Waals surface area contributed by atoms with Crippen molar-refractivity contribution in [3.05, 3.63) is 18.0 Å². The van der Waals surface area contributed by atoms with Gasteiger partial charge >= 0.3 is 0 Å². The number of anilines is 1. The molecule has 17 heavy (non-hydrogen) atoms. The molecule has 6 nitrogen and oxygen atoms in total. The Morgan fingerprint density at radius 3 is 2.82 bits per heavy atom. The number of nitrogen functional groups attached to an aromatic ring is 1. The Labute approximate surface area is 101 Å². The first-order valence-corrected chi connectivity index (χ1v) is 5.42. The Balaban J connectivity index is 2.23. The Hall–Kier alpha value is -1.53. The number of carbonyl (C=O) groups excluding carboxylic acids is 1. The van der Waals surface area contributed by atoms with Crippen LogP contribution in [0.5, 0.6) is 0 Å². The Kier molecular flexibility index (Phi) is 5.51. The maximum absolute atomic E-state index is 11.7. The van der Waals surface area contributed by atoms with Gasteiger partial charge in [0.1, 0.15) is 5.69 Å². The summed E-state index contributed by atoms with van der Waals surface area (Å²) in [7, 11) is 3.39. The van der Waals surface area contributed by atoms with Crippen LogP contribution in [0.25, 0.3) is 0 Å². The summed E-state index contributed by atoms with van der Waals surface area (Å²) in [5.41, 5.74) is 6.71. The van der Waals surface area contributed by atoms with E-state index in [1.165, 1.54) is 0 Å². The van der Waals surface area contributed by atoms with Crippen molar-refractivity contribution in [3.63, 3.8) is 0 Å². The zero-order valence-electron chi connectivity index (χ0n) is 10.2. The number of methoxy groups -OCH3 is 1. The van der Waals surface area contributed by atoms with E-state index < -0.39 is 0 Å². The number of hydrogen-bond acceptors (Lipinski definition) is 4. The van der Waals surface area contributed by atoms with E-state index in [4.69, 9.17) is 15.2 Å². The summed E-state index contributed by atoms with van der Waals surface area (Å²) >= 11 is 0. The number of carbonyl (C=O) groups is 1. The lowest BCUT2D eigenvalue weighted by molar-refractivity contribution is 0.0691. The van der Waals surface area contributed by atoms with Crippen LogP contribution in [0.1, 0.15) is 10.5 Å². The Bertz CT molecular complexity index is 363. The number of nitrogens with two attached hydrogens (primary N) is 1. The topological polar surface area (TPSA) is 78.5 Å². The lowest BCUT2D eigenvalue weighted by atomic mass is 10.4. The van der Waals surface area contributed by atoms with Gasteiger partial charge in [0.2, 0.25) is 0 Å². The Morgan fingerprint density at radius 1 is 1.47 bits per heavy atom. The maximum atomic E-state index is 11.7. The predicted molar refractivity (Wildman–Crippen MR) is 64.9 cm³/mol. The van der Waals surface area contributed by atoms with Crippen molar-refractivity contribution < 1.29 is 14.3 Å². The number of ether oxygens (including phenoxy) is 2. The van der Waals surface area contributed by atoms with Crippen LogP contribution in [-0.2, 0) is 16.5 Å². The fraction of sp³-hybridized carbons (Fsp3) is 0.545. The summed E-state index contributed by atoms with van der Waals surface area (Å²) in [5.74, 6) is -0.153. The molecule has 0 fully saturated rings. The van der Waals surface area contributed by atoms with E-state index in [1.807, 2.05) is 0 Å². The molecule has 1 aromatic heterocycles. The molecule has 0 spiro atoms. The molecule has 1 heterocycles. The highest BCUT2D eigenvalue weighted by Crippen LogP contribution is 2.07. The van der Waals surface area contributed by atoms with Gasteiger partial charge in [-0.2, -0.15) is 0 Å². The monoisotopic (exact) mass is 241 g/mol. The van der Waals surface area contributed by atoms with Crippen molar-refractivity contribution in [2.75, 3.05) is 39.2 Å². The fourth-order valence-corrected chi connectivity index (χ4v) is 1.39. The number of aryl methyl sites for hydroxylation is 1. The highest BCUT2D eigenvalue weighted by molar-refractivity contribution is 5.93. The van der Waals surface area contributed by atoms with Gasteiger partial charge in [0.25, 0.3) is 5.91 Å². The van der Waals surface area contributed by atoms with Gasteiger partial charge in [-0.15, -0.1) is 0 Å². The summed E-state index contributed by atoms with van der Waals surface area (Å²) in [5, 5.41) is 2.75. The van der Waals surface area contributed by atoms with Crippen molar-refractivity contribution in [1.82, 2.24) is 9.88 Å². The minimum Gasteiger partial charge on any atom is -0.397 e. The van der Waals surface area contributed by atoms with Crippen molar-refractivity contribution in [2.24, 2.45) is 7.05 Å². The van der Waals surface area contributed by atoms with E-state index >= 15 is 0 Å². The molecule has 0 unspecified atom stereocenters. The molecule has 0 aliphatic heterocycles. The number of rotatable bonds is 7. The largest absolute Gasteiger partial charge is 0.397 e. The van der Waals surface area contributed by atoms with E-state index in [1.54, 1.807) is 31.0 Å². The number of hydrogen-bond donors (Lipinski definition) is 2. The molecule has 0 aliphatic carbocycles. The normalized spacial score (nSPS) is 10.5. The van der Waals surface area contributed by atoms with E-state index in [0.29, 0.717) is 37.7 Å². The fourth-order valence-electron chi connectivity index (χ4n) is 1.39. The average molecular weight is 241 g/mol. The molecule has 0 bridgehead atoms. The molecule has 6 heteroatoms. The molecule has 0 saturated heterocycles. The molecule has 0 radical (unpaired) electrons. The first kappa shape index (κ1) is 13.5. The van der Waals surface area contributed by atoms with Crippen LogP contribution in [-0.4, -0.2) is 43.9 Å². The molecule has 0 aromatic carbocycles. The molecular formula is C11H19N3O3. The first-order valence-electron chi connectivity index (χ1n) is 5.42. The summed E-state index contributed by atoms with van der Waals surface area (Å²) in [4.78, 5) is 11.7. The molecule has 3 N–H and O–H groups in total. The molecular weight excluding hydrogens is 222 g/mol. The van der Waals surface area contributed by atoms with Gasteiger partial charge in [-0.05, 0) is 6.07 Å². The molecule has 0 aliphatic rings. The van der Waals surface area contributed by atoms with Crippen LogP contribution < -0.4 is 11.1 Å². The second-order valence-corrected chi connectivity index (χ2v) is 3.63. The second-order valence-electron chi connectivity index (χ2n) is 3.63. The minimum atomic E-state index is -0.153. The summed E-state index contributed by atoms with van der Waals surface area (Å²) in [6.45, 7) is 2.02. The molecule has 1 rings (SSSR count). The highest BCUT2D eigenvalue weighted by Gasteiger charge is 2.09. The second kappa shape index (κ2) is 6.93. The van der Waals surface area contributed by atoms with E-state index in [0.717, 1.165) is 0 Å². The van der Waals surface area contributed by atoms with Crippen LogP contribution in [0, 0.1) is 0 Å². The van der Waals surface area contributed by atoms with Gasteiger partial charge in [-0.1, -0.05) is 0 Å². The van der Waals surface area contributed by atoms with E-state index in [-0.39, 0.29) is 5.91 Å². The van der Waals surface area contributed by atoms with Crippen LogP contribution >= 0.6 is 0 Å². The smallest absolute Gasteiger partial charge is 0.268 e. The molecule has 1 aromatic rings. The maximum Gasteiger partial charge on any atom is 0.268 e. The van der Waals surface area contributed by atoms with Gasteiger partial charge in [0.15, 0.2) is 0 Å². The van der Waals surface area contributed by atoms with Crippen LogP contribution in [0.4, 0.5) is 5.69 Å². The van der Waals surface area contributed by atoms with Gasteiger partial charge in [0.05, 0.1) is 25.5 Å². The SMILES string of the molecule is COCCOCCNC(=O)c1cc(N)cn1C. The van der Waals surface area contributed by atoms with Gasteiger partial charge in [-0.3, -0.25) is 4.79 Å². The molecule has 0 atom stereocenters. The number of amides is 1. The average Bonchev–Trinajstić information content (AvgIpc) is 2.62.